The summed E-state index contributed by atoms with van der Waals surface area (Å²) in [5, 5.41) is 18.4. The lowest BCUT2D eigenvalue weighted by Gasteiger charge is -2.48. The molecule has 2 fully saturated rings. The number of amides is 3. The molecule has 1 atom stereocenters. The molecule has 9 heteroatoms. The zero-order valence-electron chi connectivity index (χ0n) is 14.0. The van der Waals surface area contributed by atoms with Gasteiger partial charge in [0.05, 0.1) is 32.2 Å². The fourth-order valence-corrected chi connectivity index (χ4v) is 3.31. The summed E-state index contributed by atoms with van der Waals surface area (Å²) >= 11 is 0. The maximum atomic E-state index is 12.7. The third-order valence-corrected chi connectivity index (χ3v) is 4.59. The van der Waals surface area contributed by atoms with E-state index in [1.54, 1.807) is 11.0 Å². The Labute approximate surface area is 146 Å². The highest BCUT2D eigenvalue weighted by molar-refractivity contribution is 5.94. The van der Waals surface area contributed by atoms with Gasteiger partial charge in [0.25, 0.3) is 0 Å². The zero-order valence-corrected chi connectivity index (χ0v) is 14.0. The minimum Gasteiger partial charge on any atom is -0.465 e. The number of nitrogens with zero attached hydrogens (tertiary/aromatic N) is 4. The molecule has 0 aromatic heterocycles. The predicted molar refractivity (Wildman–Crippen MR) is 86.9 cm³/mol. The van der Waals surface area contributed by atoms with Crippen molar-refractivity contribution in [3.8, 4) is 6.07 Å². The fraction of sp³-hybridized carbons (Fsp3) is 0.625. The van der Waals surface area contributed by atoms with Crippen LogP contribution in [0.3, 0.4) is 0 Å². The fourth-order valence-electron chi connectivity index (χ4n) is 3.31. The molecule has 2 aliphatic heterocycles. The summed E-state index contributed by atoms with van der Waals surface area (Å²) in [5.74, 6) is -0.517. The van der Waals surface area contributed by atoms with E-state index in [9.17, 15) is 19.5 Å². The molecular weight excluding hydrogens is 328 g/mol. The van der Waals surface area contributed by atoms with Crippen LogP contribution in [0.2, 0.25) is 0 Å². The van der Waals surface area contributed by atoms with Crippen molar-refractivity contribution in [2.45, 2.75) is 18.4 Å². The maximum Gasteiger partial charge on any atom is 0.408 e. The van der Waals surface area contributed by atoms with Crippen molar-refractivity contribution in [2.75, 3.05) is 45.9 Å². The van der Waals surface area contributed by atoms with Crippen molar-refractivity contribution in [3.63, 3.8) is 0 Å². The number of hydrogen-bond acceptors (Lipinski definition) is 5. The standard InChI is InChI=1S/C16H22N4O5/c1-2-4-16(13(21)3-5-17)12-19(6-7-20(16)15(23)24)14(22)18-8-10-25-11-9-18/h2H,1,3-4,6-12H2,(H,23,24). The van der Waals surface area contributed by atoms with Gasteiger partial charge >= 0.3 is 12.1 Å². The van der Waals surface area contributed by atoms with E-state index >= 15 is 0 Å². The Hall–Kier alpha value is -2.60. The first kappa shape index (κ1) is 18.7. The molecule has 0 radical (unpaired) electrons. The summed E-state index contributed by atoms with van der Waals surface area (Å²) in [6.07, 6.45) is -0.163. The average molecular weight is 350 g/mol. The molecule has 0 spiro atoms. The van der Waals surface area contributed by atoms with Gasteiger partial charge in [0.1, 0.15) is 5.54 Å². The second-order valence-electron chi connectivity index (χ2n) is 6.02. The third kappa shape index (κ3) is 3.74. The summed E-state index contributed by atoms with van der Waals surface area (Å²) in [7, 11) is 0. The Bertz CT molecular complexity index is 596. The van der Waals surface area contributed by atoms with Gasteiger partial charge in [0.2, 0.25) is 0 Å². The van der Waals surface area contributed by atoms with Crippen LogP contribution < -0.4 is 0 Å². The van der Waals surface area contributed by atoms with Crippen molar-refractivity contribution in [1.82, 2.24) is 14.7 Å². The molecule has 2 aliphatic rings. The molecule has 2 heterocycles. The minimum absolute atomic E-state index is 0.0103. The number of hydrogen-bond donors (Lipinski definition) is 1. The number of ketones is 1. The van der Waals surface area contributed by atoms with Gasteiger partial charge in [0, 0.05) is 26.2 Å². The molecule has 1 unspecified atom stereocenters. The van der Waals surface area contributed by atoms with Crippen LogP contribution in [-0.4, -0.2) is 89.2 Å². The quantitative estimate of drug-likeness (QED) is 0.740. The van der Waals surface area contributed by atoms with Crippen molar-refractivity contribution < 1.29 is 24.2 Å². The number of carbonyl (C=O) groups is 3. The average Bonchev–Trinajstić information content (AvgIpc) is 2.62. The van der Waals surface area contributed by atoms with Gasteiger partial charge in [0.15, 0.2) is 5.78 Å². The number of morpholine rings is 1. The number of Topliss-reactive ketones (excluding diaryl/α,β-unsaturated/α-hetero) is 1. The predicted octanol–water partition coefficient (Wildman–Crippen LogP) is 0.532. The van der Waals surface area contributed by atoms with Crippen LogP contribution in [0.5, 0.6) is 0 Å². The summed E-state index contributed by atoms with van der Waals surface area (Å²) in [5.41, 5.74) is -1.47. The summed E-state index contributed by atoms with van der Waals surface area (Å²) < 4.78 is 5.23. The molecule has 0 saturated carbocycles. The number of rotatable bonds is 4. The lowest BCUT2D eigenvalue weighted by atomic mass is 9.84. The molecule has 1 N–H and O–H groups in total. The van der Waals surface area contributed by atoms with Crippen LogP contribution in [0.15, 0.2) is 12.7 Å². The van der Waals surface area contributed by atoms with E-state index in [1.165, 1.54) is 11.0 Å². The third-order valence-electron chi connectivity index (χ3n) is 4.59. The molecule has 0 bridgehead atoms. The molecule has 0 aromatic rings. The molecule has 0 aromatic carbocycles. The number of urea groups is 1. The summed E-state index contributed by atoms with van der Waals surface area (Å²) in [6.45, 7) is 5.55. The van der Waals surface area contributed by atoms with E-state index in [0.29, 0.717) is 26.3 Å². The zero-order chi connectivity index (χ0) is 18.4. The van der Waals surface area contributed by atoms with Crippen LogP contribution in [-0.2, 0) is 9.53 Å². The Morgan fingerprint density at radius 1 is 1.20 bits per heavy atom. The van der Waals surface area contributed by atoms with Gasteiger partial charge in [-0.05, 0) is 6.42 Å². The van der Waals surface area contributed by atoms with Gasteiger partial charge in [-0.3, -0.25) is 9.69 Å². The topological polar surface area (TPSA) is 114 Å². The van der Waals surface area contributed by atoms with Crippen LogP contribution >= 0.6 is 0 Å². The first-order valence-corrected chi connectivity index (χ1v) is 8.09. The van der Waals surface area contributed by atoms with E-state index in [4.69, 9.17) is 10.00 Å². The highest BCUT2D eigenvalue weighted by atomic mass is 16.5. The van der Waals surface area contributed by atoms with Crippen molar-refractivity contribution in [3.05, 3.63) is 12.7 Å². The molecule has 2 saturated heterocycles. The second kappa shape index (κ2) is 7.98. The lowest BCUT2D eigenvalue weighted by Crippen LogP contribution is -2.69. The highest BCUT2D eigenvalue weighted by Gasteiger charge is 2.50. The molecule has 25 heavy (non-hydrogen) atoms. The number of carbonyl (C=O) groups excluding carboxylic acids is 2. The summed E-state index contributed by atoms with van der Waals surface area (Å²) in [6, 6.07) is 1.54. The number of carboxylic acid groups (broad SMARTS) is 1. The Morgan fingerprint density at radius 3 is 2.44 bits per heavy atom. The Kier molecular flexibility index (Phi) is 5.98. The molecule has 136 valence electrons. The smallest absolute Gasteiger partial charge is 0.408 e. The van der Waals surface area contributed by atoms with E-state index in [0.717, 1.165) is 4.90 Å². The van der Waals surface area contributed by atoms with Gasteiger partial charge in [-0.25, -0.2) is 9.59 Å². The second-order valence-corrected chi connectivity index (χ2v) is 6.02. The van der Waals surface area contributed by atoms with Crippen LogP contribution in [0.1, 0.15) is 12.8 Å². The number of ether oxygens (including phenoxy) is 1. The molecular formula is C16H22N4O5. The van der Waals surface area contributed by atoms with Crippen molar-refractivity contribution in [1.29, 1.82) is 5.26 Å². The number of nitriles is 1. The molecule has 3 amide bonds. The van der Waals surface area contributed by atoms with Crippen LogP contribution in [0, 0.1) is 11.3 Å². The van der Waals surface area contributed by atoms with Crippen molar-refractivity contribution in [2.24, 2.45) is 0 Å². The van der Waals surface area contributed by atoms with Gasteiger partial charge in [-0.1, -0.05) is 6.08 Å². The SMILES string of the molecule is C=CCC1(C(=O)CC#N)CN(C(=O)N2CCOCC2)CCN1C(=O)O. The minimum atomic E-state index is -1.47. The number of piperazine rings is 1. The Balaban J connectivity index is 2.29. The van der Waals surface area contributed by atoms with Gasteiger partial charge in [-0.2, -0.15) is 5.26 Å². The van der Waals surface area contributed by atoms with E-state index in [1.807, 2.05) is 0 Å². The maximum absolute atomic E-state index is 12.7. The highest BCUT2D eigenvalue weighted by Crippen LogP contribution is 2.29. The summed E-state index contributed by atoms with van der Waals surface area (Å²) in [4.78, 5) is 41.2. The largest absolute Gasteiger partial charge is 0.465 e. The Morgan fingerprint density at radius 2 is 1.88 bits per heavy atom. The molecule has 0 aliphatic carbocycles. The normalized spacial score (nSPS) is 23.7. The van der Waals surface area contributed by atoms with Gasteiger partial charge in [-0.15, -0.1) is 6.58 Å². The van der Waals surface area contributed by atoms with E-state index in [2.05, 4.69) is 6.58 Å². The van der Waals surface area contributed by atoms with Gasteiger partial charge < -0.3 is 19.6 Å². The molecule has 2 rings (SSSR count). The van der Waals surface area contributed by atoms with Crippen LogP contribution in [0.25, 0.3) is 0 Å². The monoisotopic (exact) mass is 350 g/mol. The van der Waals surface area contributed by atoms with E-state index < -0.39 is 23.8 Å². The van der Waals surface area contributed by atoms with E-state index in [-0.39, 0.29) is 32.1 Å². The lowest BCUT2D eigenvalue weighted by molar-refractivity contribution is -0.132. The van der Waals surface area contributed by atoms with Crippen molar-refractivity contribution >= 4 is 17.9 Å². The first-order valence-electron chi connectivity index (χ1n) is 8.09. The van der Waals surface area contributed by atoms with Crippen LogP contribution in [0.4, 0.5) is 9.59 Å². The first-order chi connectivity index (χ1) is 12.0. The molecule has 9 nitrogen and oxygen atoms in total.